The predicted octanol–water partition coefficient (Wildman–Crippen LogP) is 2.09. The molecule has 2 atom stereocenters. The fraction of sp³-hybridized carbons (Fsp3) is 0.944. The van der Waals surface area contributed by atoms with E-state index in [2.05, 4.69) is 27.4 Å². The lowest BCUT2D eigenvalue weighted by atomic mass is 10.0. The van der Waals surface area contributed by atoms with Gasteiger partial charge in [-0.1, -0.05) is 6.92 Å². The Balaban J connectivity index is 0.00000312. The van der Waals surface area contributed by atoms with Crippen LogP contribution in [-0.4, -0.2) is 76.6 Å². The number of nitrogens with zero attached hydrogens (tertiary/aromatic N) is 2. The molecule has 2 saturated heterocycles. The summed E-state index contributed by atoms with van der Waals surface area (Å²) < 4.78 is 11.1. The first-order valence-corrected chi connectivity index (χ1v) is 9.64. The molecule has 0 spiro atoms. The van der Waals surface area contributed by atoms with Crippen molar-refractivity contribution in [3.63, 3.8) is 0 Å². The highest BCUT2D eigenvalue weighted by molar-refractivity contribution is 14.0. The van der Waals surface area contributed by atoms with Crippen LogP contribution in [0.2, 0.25) is 0 Å². The second-order valence-electron chi connectivity index (χ2n) is 7.04. The molecule has 2 fully saturated rings. The quantitative estimate of drug-likeness (QED) is 0.235. The average molecular weight is 468 g/mol. The van der Waals surface area contributed by atoms with E-state index in [1.54, 1.807) is 0 Å². The Hall–Kier alpha value is -0.120. The summed E-state index contributed by atoms with van der Waals surface area (Å²) in [6, 6.07) is 0. The van der Waals surface area contributed by atoms with Crippen LogP contribution in [0.15, 0.2) is 4.99 Å². The van der Waals surface area contributed by atoms with Crippen molar-refractivity contribution in [3.05, 3.63) is 0 Å². The van der Waals surface area contributed by atoms with Crippen molar-refractivity contribution in [1.82, 2.24) is 15.5 Å². The van der Waals surface area contributed by atoms with Crippen molar-refractivity contribution < 1.29 is 9.47 Å². The van der Waals surface area contributed by atoms with Gasteiger partial charge in [-0.05, 0) is 51.1 Å². The molecule has 148 valence electrons. The lowest BCUT2D eigenvalue weighted by Gasteiger charge is -2.30. The number of likely N-dealkylation sites (tertiary alicyclic amines) is 1. The molecule has 0 aromatic carbocycles. The maximum Gasteiger partial charge on any atom is 0.190 e. The summed E-state index contributed by atoms with van der Waals surface area (Å²) in [5, 5.41) is 6.76. The topological polar surface area (TPSA) is 58.1 Å². The molecule has 0 aromatic heterocycles. The summed E-state index contributed by atoms with van der Waals surface area (Å²) in [6.07, 6.45) is 6.24. The van der Waals surface area contributed by atoms with Crippen molar-refractivity contribution in [3.8, 4) is 0 Å². The second-order valence-corrected chi connectivity index (χ2v) is 7.04. The molecule has 25 heavy (non-hydrogen) atoms. The highest BCUT2D eigenvalue weighted by Gasteiger charge is 2.16. The van der Waals surface area contributed by atoms with Crippen LogP contribution in [0.1, 0.15) is 39.0 Å². The van der Waals surface area contributed by atoms with Gasteiger partial charge in [0.25, 0.3) is 0 Å². The minimum atomic E-state index is 0. The summed E-state index contributed by atoms with van der Waals surface area (Å²) in [4.78, 5) is 6.87. The van der Waals surface area contributed by atoms with Crippen LogP contribution in [0.5, 0.6) is 0 Å². The zero-order valence-corrected chi connectivity index (χ0v) is 18.3. The van der Waals surface area contributed by atoms with Crippen LogP contribution in [0.4, 0.5) is 0 Å². The molecule has 2 N–H and O–H groups in total. The highest BCUT2D eigenvalue weighted by Crippen LogP contribution is 2.15. The average Bonchev–Trinajstić information content (AvgIpc) is 3.10. The molecule has 2 aliphatic heterocycles. The minimum absolute atomic E-state index is 0. The van der Waals surface area contributed by atoms with E-state index in [4.69, 9.17) is 9.47 Å². The van der Waals surface area contributed by atoms with Crippen molar-refractivity contribution in [2.75, 3.05) is 59.6 Å². The minimum Gasteiger partial charge on any atom is -0.379 e. The molecular formula is C18H37IN4O2. The molecule has 0 amide bonds. The van der Waals surface area contributed by atoms with Gasteiger partial charge in [0.05, 0.1) is 12.7 Å². The molecule has 0 aliphatic carbocycles. The first kappa shape index (κ1) is 22.9. The van der Waals surface area contributed by atoms with Gasteiger partial charge in [-0.2, -0.15) is 0 Å². The molecule has 2 unspecified atom stereocenters. The number of aliphatic imine (C=N–C) groups is 1. The second kappa shape index (κ2) is 14.0. The van der Waals surface area contributed by atoms with Crippen LogP contribution in [0.3, 0.4) is 0 Å². The number of guanidine groups is 1. The molecule has 2 heterocycles. The molecule has 0 radical (unpaired) electrons. The first-order chi connectivity index (χ1) is 11.8. The summed E-state index contributed by atoms with van der Waals surface area (Å²) in [5.74, 6) is 1.75. The number of hydrogen-bond acceptors (Lipinski definition) is 4. The number of rotatable bonds is 9. The van der Waals surface area contributed by atoms with Gasteiger partial charge in [-0.3, -0.25) is 4.99 Å². The lowest BCUT2D eigenvalue weighted by Crippen LogP contribution is -2.40. The monoisotopic (exact) mass is 468 g/mol. The van der Waals surface area contributed by atoms with Gasteiger partial charge >= 0.3 is 0 Å². The Labute approximate surface area is 170 Å². The molecular weight excluding hydrogens is 431 g/mol. The van der Waals surface area contributed by atoms with E-state index in [0.717, 1.165) is 64.1 Å². The Morgan fingerprint density at radius 1 is 1.24 bits per heavy atom. The zero-order chi connectivity index (χ0) is 17.0. The Morgan fingerprint density at radius 2 is 2.04 bits per heavy atom. The number of hydrogen-bond donors (Lipinski definition) is 2. The fourth-order valence-corrected chi connectivity index (χ4v) is 3.39. The summed E-state index contributed by atoms with van der Waals surface area (Å²) in [5.41, 5.74) is 0. The molecule has 2 aliphatic rings. The number of piperidine rings is 1. The highest BCUT2D eigenvalue weighted by atomic mass is 127. The van der Waals surface area contributed by atoms with Gasteiger partial charge in [0.1, 0.15) is 0 Å². The van der Waals surface area contributed by atoms with Gasteiger partial charge < -0.3 is 25.0 Å². The van der Waals surface area contributed by atoms with Gasteiger partial charge in [0.15, 0.2) is 5.96 Å². The van der Waals surface area contributed by atoms with Crippen molar-refractivity contribution in [2.24, 2.45) is 10.9 Å². The van der Waals surface area contributed by atoms with Gasteiger partial charge in [-0.15, -0.1) is 24.0 Å². The van der Waals surface area contributed by atoms with Crippen LogP contribution in [0, 0.1) is 5.92 Å². The van der Waals surface area contributed by atoms with E-state index >= 15 is 0 Å². The third-order valence-electron chi connectivity index (χ3n) is 4.76. The van der Waals surface area contributed by atoms with Crippen molar-refractivity contribution in [1.29, 1.82) is 0 Å². The zero-order valence-electron chi connectivity index (χ0n) is 16.0. The van der Waals surface area contributed by atoms with Crippen molar-refractivity contribution >= 4 is 29.9 Å². The third kappa shape index (κ3) is 9.96. The summed E-state index contributed by atoms with van der Waals surface area (Å²) in [6.45, 7) is 10.3. The molecule has 0 bridgehead atoms. The summed E-state index contributed by atoms with van der Waals surface area (Å²) in [7, 11) is 1.83. The van der Waals surface area contributed by atoms with E-state index in [1.807, 2.05) is 7.05 Å². The molecule has 7 heteroatoms. The number of halogens is 1. The largest absolute Gasteiger partial charge is 0.379 e. The molecule has 0 aromatic rings. The lowest BCUT2D eigenvalue weighted by molar-refractivity contribution is 0.0420. The Bertz CT molecular complexity index is 365. The maximum absolute atomic E-state index is 5.76. The third-order valence-corrected chi connectivity index (χ3v) is 4.76. The smallest absolute Gasteiger partial charge is 0.190 e. The molecule has 0 saturated carbocycles. The van der Waals surface area contributed by atoms with Gasteiger partial charge in [0.2, 0.25) is 0 Å². The van der Waals surface area contributed by atoms with Crippen LogP contribution in [0.25, 0.3) is 0 Å². The van der Waals surface area contributed by atoms with Crippen LogP contribution < -0.4 is 10.6 Å². The number of ether oxygens (including phenoxy) is 2. The summed E-state index contributed by atoms with van der Waals surface area (Å²) >= 11 is 0. The van der Waals surface area contributed by atoms with E-state index in [9.17, 15) is 0 Å². The first-order valence-electron chi connectivity index (χ1n) is 9.64. The van der Waals surface area contributed by atoms with E-state index in [0.29, 0.717) is 6.10 Å². The molecule has 2 rings (SSSR count). The van der Waals surface area contributed by atoms with Gasteiger partial charge in [0, 0.05) is 39.9 Å². The van der Waals surface area contributed by atoms with Crippen LogP contribution >= 0.6 is 24.0 Å². The standard InChI is InChI=1S/C18H36N4O2.HI/c1-16-6-3-10-22(14-16)11-4-8-20-18(19-2)21-9-5-12-24-17-7-13-23-15-17;/h16-17H,3-15H2,1-2H3,(H2,19,20,21);1H. The van der Waals surface area contributed by atoms with E-state index in [-0.39, 0.29) is 24.0 Å². The predicted molar refractivity (Wildman–Crippen MR) is 114 cm³/mol. The fourth-order valence-electron chi connectivity index (χ4n) is 3.39. The van der Waals surface area contributed by atoms with Crippen LogP contribution in [-0.2, 0) is 9.47 Å². The Kier molecular flexibility index (Phi) is 12.8. The SMILES string of the molecule is CN=C(NCCCOC1CCOC1)NCCCN1CCCC(C)C1.I. The van der Waals surface area contributed by atoms with Gasteiger partial charge in [-0.25, -0.2) is 0 Å². The number of nitrogens with one attached hydrogen (secondary N) is 2. The van der Waals surface area contributed by atoms with Crippen molar-refractivity contribution in [2.45, 2.75) is 45.1 Å². The normalized spacial score (nSPS) is 24.8. The molecule has 6 nitrogen and oxygen atoms in total. The van der Waals surface area contributed by atoms with E-state index < -0.39 is 0 Å². The van der Waals surface area contributed by atoms with E-state index in [1.165, 1.54) is 32.5 Å². The Morgan fingerprint density at radius 3 is 2.72 bits per heavy atom. The maximum atomic E-state index is 5.76.